The predicted octanol–water partition coefficient (Wildman–Crippen LogP) is 4.74. The second kappa shape index (κ2) is 7.85. The lowest BCUT2D eigenvalue weighted by Crippen LogP contribution is -2.29. The fourth-order valence-corrected chi connectivity index (χ4v) is 4.09. The van der Waals surface area contributed by atoms with Crippen LogP contribution in [0.3, 0.4) is 0 Å². The van der Waals surface area contributed by atoms with Crippen LogP contribution in [0, 0.1) is 0 Å². The molecule has 1 fully saturated rings. The molecular formula is C23H14Cl2N2O5. The van der Waals surface area contributed by atoms with Crippen LogP contribution in [0.5, 0.6) is 11.5 Å². The Kier molecular flexibility index (Phi) is 5.00. The third-order valence-electron chi connectivity index (χ3n) is 5.29. The molecule has 0 saturated carbocycles. The van der Waals surface area contributed by atoms with Crippen LogP contribution >= 0.6 is 23.2 Å². The number of carbonyl (C=O) groups excluding carboxylic acids is 2. The van der Waals surface area contributed by atoms with Crippen molar-refractivity contribution in [1.29, 1.82) is 0 Å². The number of hydrogen-bond acceptors (Lipinski definition) is 6. The first-order valence-electron chi connectivity index (χ1n) is 9.51. The molecule has 0 spiro atoms. The molecule has 5 rings (SSSR count). The maximum atomic E-state index is 13.2. The molecule has 3 heterocycles. The summed E-state index contributed by atoms with van der Waals surface area (Å²) in [5.41, 5.74) is 1.21. The molecular weight excluding hydrogens is 455 g/mol. The van der Waals surface area contributed by atoms with Gasteiger partial charge in [-0.2, -0.15) is 0 Å². The summed E-state index contributed by atoms with van der Waals surface area (Å²) in [4.78, 5) is 31.6. The highest BCUT2D eigenvalue weighted by Gasteiger charge is 2.47. The Balaban J connectivity index is 1.70. The monoisotopic (exact) mass is 468 g/mol. The maximum Gasteiger partial charge on any atom is 0.300 e. The van der Waals surface area contributed by atoms with Crippen molar-refractivity contribution in [1.82, 2.24) is 4.98 Å². The largest absolute Gasteiger partial charge is 0.507 e. The van der Waals surface area contributed by atoms with E-state index in [0.717, 1.165) is 0 Å². The van der Waals surface area contributed by atoms with E-state index in [9.17, 15) is 14.7 Å². The molecule has 160 valence electrons. The van der Waals surface area contributed by atoms with E-state index in [-0.39, 0.29) is 28.7 Å². The Hall–Kier alpha value is -3.55. The van der Waals surface area contributed by atoms with Crippen LogP contribution in [0.2, 0.25) is 10.0 Å². The van der Waals surface area contributed by atoms with Gasteiger partial charge in [-0.05, 0) is 48.0 Å². The topological polar surface area (TPSA) is 89.0 Å². The van der Waals surface area contributed by atoms with Crippen molar-refractivity contribution in [3.05, 3.63) is 87.7 Å². The van der Waals surface area contributed by atoms with Gasteiger partial charge in [-0.15, -0.1) is 0 Å². The first kappa shape index (κ1) is 20.4. The molecule has 9 heteroatoms. The zero-order valence-corrected chi connectivity index (χ0v) is 17.8. The van der Waals surface area contributed by atoms with Crippen molar-refractivity contribution < 1.29 is 24.2 Å². The normalized spacial score (nSPS) is 18.9. The second-order valence-electron chi connectivity index (χ2n) is 7.12. The molecule has 7 nitrogen and oxygen atoms in total. The Bertz CT molecular complexity index is 1290. The van der Waals surface area contributed by atoms with Crippen LogP contribution in [0.4, 0.5) is 5.69 Å². The minimum absolute atomic E-state index is 0.0720. The zero-order chi connectivity index (χ0) is 22.4. The Labute approximate surface area is 192 Å². The lowest BCUT2D eigenvalue weighted by atomic mass is 9.96. The van der Waals surface area contributed by atoms with Crippen LogP contribution in [-0.4, -0.2) is 28.6 Å². The number of aliphatic hydroxyl groups is 1. The van der Waals surface area contributed by atoms with Gasteiger partial charge in [0.15, 0.2) is 11.5 Å². The number of ketones is 1. The van der Waals surface area contributed by atoms with Crippen LogP contribution in [0.25, 0.3) is 5.76 Å². The quantitative estimate of drug-likeness (QED) is 0.339. The summed E-state index contributed by atoms with van der Waals surface area (Å²) in [6.45, 7) is 0.0721. The minimum Gasteiger partial charge on any atom is -0.507 e. The first-order valence-corrected chi connectivity index (χ1v) is 10.3. The van der Waals surface area contributed by atoms with E-state index >= 15 is 0 Å². The van der Waals surface area contributed by atoms with Gasteiger partial charge in [-0.3, -0.25) is 19.5 Å². The number of amides is 1. The number of fused-ring (bicyclic) bond motifs is 1. The molecule has 3 aromatic rings. The average molecular weight is 469 g/mol. The molecule has 0 aliphatic carbocycles. The fourth-order valence-electron chi connectivity index (χ4n) is 3.79. The SMILES string of the molecule is O=C1C(=O)N(c2ccc3c(c2)OCO3)C(c2ccncc2)/C1=C(\O)c1ccc(Cl)c(Cl)c1. The summed E-state index contributed by atoms with van der Waals surface area (Å²) in [5, 5.41) is 11.6. The molecule has 1 saturated heterocycles. The summed E-state index contributed by atoms with van der Waals surface area (Å²) in [7, 11) is 0. The standard InChI is InChI=1S/C23H14Cl2N2O5/c24-15-3-1-13(9-16(15)25)21(28)19-20(12-5-7-26-8-6-12)27(23(30)22(19)29)14-2-4-17-18(10-14)32-11-31-17/h1-10,20,28H,11H2/b21-19+. The third-order valence-corrected chi connectivity index (χ3v) is 6.03. The number of Topliss-reactive ketones (excluding diaryl/α,β-unsaturated/α-hetero) is 1. The van der Waals surface area contributed by atoms with Crippen LogP contribution in [0.1, 0.15) is 17.2 Å². The highest BCUT2D eigenvalue weighted by atomic mass is 35.5. The van der Waals surface area contributed by atoms with Gasteiger partial charge in [0.2, 0.25) is 6.79 Å². The summed E-state index contributed by atoms with van der Waals surface area (Å²) in [6, 6.07) is 11.9. The van der Waals surface area contributed by atoms with Gasteiger partial charge in [-0.25, -0.2) is 0 Å². The Morgan fingerprint density at radius 3 is 2.47 bits per heavy atom. The summed E-state index contributed by atoms with van der Waals surface area (Å²) in [5.74, 6) is -0.962. The third kappa shape index (κ3) is 3.26. The Morgan fingerprint density at radius 1 is 0.969 bits per heavy atom. The number of benzene rings is 2. The van der Waals surface area contributed by atoms with Crippen molar-refractivity contribution in [2.45, 2.75) is 6.04 Å². The van der Waals surface area contributed by atoms with Gasteiger partial charge in [0.05, 0.1) is 21.7 Å². The number of carbonyl (C=O) groups is 2. The van der Waals surface area contributed by atoms with Crippen molar-refractivity contribution in [3.63, 3.8) is 0 Å². The van der Waals surface area contributed by atoms with Crippen LogP contribution < -0.4 is 14.4 Å². The van der Waals surface area contributed by atoms with Gasteiger partial charge >= 0.3 is 0 Å². The number of anilines is 1. The molecule has 2 aliphatic heterocycles. The van der Waals surface area contributed by atoms with Crippen molar-refractivity contribution in [2.24, 2.45) is 0 Å². The van der Waals surface area contributed by atoms with Gasteiger partial charge < -0.3 is 14.6 Å². The van der Waals surface area contributed by atoms with Gasteiger partial charge in [-0.1, -0.05) is 23.2 Å². The molecule has 2 aromatic carbocycles. The number of aromatic nitrogens is 1. The van der Waals surface area contributed by atoms with Crippen LogP contribution in [-0.2, 0) is 9.59 Å². The number of ether oxygens (including phenoxy) is 2. The molecule has 1 atom stereocenters. The smallest absolute Gasteiger partial charge is 0.300 e. The second-order valence-corrected chi connectivity index (χ2v) is 7.93. The fraction of sp³-hybridized carbons (Fsp3) is 0.0870. The molecule has 0 radical (unpaired) electrons. The van der Waals surface area contributed by atoms with Crippen LogP contribution in [0.15, 0.2) is 66.5 Å². The summed E-state index contributed by atoms with van der Waals surface area (Å²) < 4.78 is 10.8. The number of rotatable bonds is 3. The number of hydrogen-bond donors (Lipinski definition) is 1. The minimum atomic E-state index is -0.896. The van der Waals surface area contributed by atoms with Gasteiger partial charge in [0.25, 0.3) is 11.7 Å². The molecule has 1 unspecified atom stereocenters. The first-order chi connectivity index (χ1) is 15.5. The highest BCUT2D eigenvalue weighted by molar-refractivity contribution is 6.51. The molecule has 1 aromatic heterocycles. The van der Waals surface area contributed by atoms with E-state index < -0.39 is 17.7 Å². The number of nitrogens with zero attached hydrogens (tertiary/aromatic N) is 2. The number of halogens is 2. The molecule has 2 aliphatic rings. The predicted molar refractivity (Wildman–Crippen MR) is 118 cm³/mol. The van der Waals surface area contributed by atoms with Crippen molar-refractivity contribution in [3.8, 4) is 11.5 Å². The van der Waals surface area contributed by atoms with Gasteiger partial charge in [0, 0.05) is 29.7 Å². The number of pyridine rings is 1. The highest BCUT2D eigenvalue weighted by Crippen LogP contribution is 2.45. The van der Waals surface area contributed by atoms with Crippen molar-refractivity contribution >= 4 is 46.3 Å². The molecule has 1 amide bonds. The molecule has 1 N–H and O–H groups in total. The summed E-state index contributed by atoms with van der Waals surface area (Å²) >= 11 is 12.1. The van der Waals surface area contributed by atoms with E-state index in [2.05, 4.69) is 4.98 Å². The zero-order valence-electron chi connectivity index (χ0n) is 16.3. The summed E-state index contributed by atoms with van der Waals surface area (Å²) in [6.07, 6.45) is 3.10. The van der Waals surface area contributed by atoms with E-state index in [1.807, 2.05) is 0 Å². The maximum absolute atomic E-state index is 13.2. The Morgan fingerprint density at radius 2 is 1.72 bits per heavy atom. The molecule has 0 bridgehead atoms. The van der Waals surface area contributed by atoms with Crippen molar-refractivity contribution in [2.75, 3.05) is 11.7 Å². The average Bonchev–Trinajstić information content (AvgIpc) is 3.38. The lowest BCUT2D eigenvalue weighted by molar-refractivity contribution is -0.132. The lowest BCUT2D eigenvalue weighted by Gasteiger charge is -2.25. The van der Waals surface area contributed by atoms with E-state index in [1.165, 1.54) is 23.1 Å². The number of aliphatic hydroxyl groups excluding tert-OH is 1. The van der Waals surface area contributed by atoms with E-state index in [1.54, 1.807) is 42.7 Å². The van der Waals surface area contributed by atoms with E-state index in [0.29, 0.717) is 27.8 Å². The molecule has 32 heavy (non-hydrogen) atoms. The van der Waals surface area contributed by atoms with Gasteiger partial charge in [0.1, 0.15) is 5.76 Å². The van der Waals surface area contributed by atoms with E-state index in [4.69, 9.17) is 32.7 Å².